The minimum Gasteiger partial charge on any atom is -0.334 e. The van der Waals surface area contributed by atoms with Gasteiger partial charge in [-0.05, 0) is 18.2 Å². The molecule has 1 N–H and O–H groups in total. The first-order chi connectivity index (χ1) is 12.1. The third-order valence-electron chi connectivity index (χ3n) is 3.81. The van der Waals surface area contributed by atoms with Crippen LogP contribution in [0.2, 0.25) is 0 Å². The van der Waals surface area contributed by atoms with Crippen LogP contribution in [0.15, 0.2) is 67.0 Å². The number of amides is 2. The molecule has 0 aliphatic carbocycles. The summed E-state index contributed by atoms with van der Waals surface area (Å²) in [6.07, 6.45) is 3.61. The summed E-state index contributed by atoms with van der Waals surface area (Å²) in [6.45, 7) is 0.565. The van der Waals surface area contributed by atoms with Crippen molar-refractivity contribution in [3.63, 3.8) is 0 Å². The predicted molar refractivity (Wildman–Crippen MR) is 93.7 cm³/mol. The van der Waals surface area contributed by atoms with Crippen LogP contribution in [0.4, 0.5) is 9.18 Å². The highest BCUT2D eigenvalue weighted by Gasteiger charge is 2.11. The quantitative estimate of drug-likeness (QED) is 0.775. The van der Waals surface area contributed by atoms with E-state index in [2.05, 4.69) is 10.4 Å². The second-order valence-corrected chi connectivity index (χ2v) is 5.73. The number of nitrogens with one attached hydrogen (secondary N) is 1. The maximum Gasteiger partial charge on any atom is 0.317 e. The zero-order valence-electron chi connectivity index (χ0n) is 13.9. The Balaban J connectivity index is 1.57. The topological polar surface area (TPSA) is 50.2 Å². The lowest BCUT2D eigenvalue weighted by molar-refractivity contribution is 0.206. The monoisotopic (exact) mass is 338 g/mol. The number of aromatic nitrogens is 2. The standard InChI is InChI=1S/C19H19FN4O/c1-23(19(25)21-12-16-7-5-6-10-18(16)20)13-15-11-22-24(14-15)17-8-3-2-4-9-17/h2-11,14H,12-13H2,1H3,(H,21,25). The fourth-order valence-electron chi connectivity index (χ4n) is 2.46. The Labute approximate surface area is 145 Å². The summed E-state index contributed by atoms with van der Waals surface area (Å²) in [5, 5.41) is 7.03. The number of halogens is 1. The normalized spacial score (nSPS) is 10.5. The molecule has 0 saturated heterocycles. The van der Waals surface area contributed by atoms with E-state index in [0.717, 1.165) is 11.3 Å². The van der Waals surface area contributed by atoms with E-state index in [4.69, 9.17) is 0 Å². The van der Waals surface area contributed by atoms with Gasteiger partial charge in [0.15, 0.2) is 0 Å². The zero-order chi connectivity index (χ0) is 17.6. The number of urea groups is 1. The van der Waals surface area contributed by atoms with Crippen LogP contribution in [0.3, 0.4) is 0 Å². The van der Waals surface area contributed by atoms with Crippen LogP contribution in [-0.2, 0) is 13.1 Å². The molecule has 6 heteroatoms. The lowest BCUT2D eigenvalue weighted by Crippen LogP contribution is -2.36. The van der Waals surface area contributed by atoms with Gasteiger partial charge in [-0.1, -0.05) is 36.4 Å². The maximum atomic E-state index is 13.6. The molecule has 0 spiro atoms. The number of nitrogens with zero attached hydrogens (tertiary/aromatic N) is 3. The third kappa shape index (κ3) is 4.23. The van der Waals surface area contributed by atoms with Crippen LogP contribution in [0.25, 0.3) is 5.69 Å². The number of para-hydroxylation sites is 1. The molecule has 1 heterocycles. The van der Waals surface area contributed by atoms with Gasteiger partial charge in [-0.25, -0.2) is 13.9 Å². The van der Waals surface area contributed by atoms with Gasteiger partial charge in [-0.2, -0.15) is 5.10 Å². The molecule has 0 fully saturated rings. The van der Waals surface area contributed by atoms with Gasteiger partial charge in [0.1, 0.15) is 5.82 Å². The minimum absolute atomic E-state index is 0.152. The highest BCUT2D eigenvalue weighted by Crippen LogP contribution is 2.10. The van der Waals surface area contributed by atoms with E-state index in [9.17, 15) is 9.18 Å². The average molecular weight is 338 g/mol. The molecule has 25 heavy (non-hydrogen) atoms. The van der Waals surface area contributed by atoms with E-state index >= 15 is 0 Å². The summed E-state index contributed by atoms with van der Waals surface area (Å²) < 4.78 is 15.3. The molecule has 0 radical (unpaired) electrons. The van der Waals surface area contributed by atoms with Crippen LogP contribution in [-0.4, -0.2) is 27.8 Å². The summed E-state index contributed by atoms with van der Waals surface area (Å²) >= 11 is 0. The molecule has 128 valence electrons. The minimum atomic E-state index is -0.324. The van der Waals surface area contributed by atoms with Crippen molar-refractivity contribution in [3.05, 3.63) is 83.9 Å². The Morgan fingerprint density at radius 2 is 1.88 bits per heavy atom. The molecule has 0 aliphatic heterocycles. The van der Waals surface area contributed by atoms with Crippen molar-refractivity contribution >= 4 is 6.03 Å². The van der Waals surface area contributed by atoms with Gasteiger partial charge in [0.25, 0.3) is 0 Å². The zero-order valence-corrected chi connectivity index (χ0v) is 13.9. The van der Waals surface area contributed by atoms with Gasteiger partial charge in [0, 0.05) is 30.9 Å². The molecule has 2 aromatic carbocycles. The molecule has 0 bridgehead atoms. The van der Waals surface area contributed by atoms with E-state index in [-0.39, 0.29) is 18.4 Å². The smallest absolute Gasteiger partial charge is 0.317 e. The van der Waals surface area contributed by atoms with Crippen molar-refractivity contribution in [2.24, 2.45) is 0 Å². The van der Waals surface area contributed by atoms with Crippen LogP contribution in [0.5, 0.6) is 0 Å². The molecule has 2 amide bonds. The Morgan fingerprint density at radius 1 is 1.16 bits per heavy atom. The van der Waals surface area contributed by atoms with Crippen LogP contribution in [0.1, 0.15) is 11.1 Å². The molecule has 3 rings (SSSR count). The molecular formula is C19H19FN4O. The van der Waals surface area contributed by atoms with Crippen molar-refractivity contribution in [1.29, 1.82) is 0 Å². The first-order valence-electron chi connectivity index (χ1n) is 7.95. The number of hydrogen-bond donors (Lipinski definition) is 1. The van der Waals surface area contributed by atoms with Crippen LogP contribution >= 0.6 is 0 Å². The summed E-state index contributed by atoms with van der Waals surface area (Å²) in [7, 11) is 1.69. The van der Waals surface area contributed by atoms with Crippen molar-refractivity contribution in [2.75, 3.05) is 7.05 Å². The van der Waals surface area contributed by atoms with E-state index < -0.39 is 0 Å². The van der Waals surface area contributed by atoms with Crippen molar-refractivity contribution in [2.45, 2.75) is 13.1 Å². The highest BCUT2D eigenvalue weighted by atomic mass is 19.1. The van der Waals surface area contributed by atoms with Crippen molar-refractivity contribution in [1.82, 2.24) is 20.0 Å². The molecule has 0 saturated carbocycles. The van der Waals surface area contributed by atoms with E-state index in [0.29, 0.717) is 12.1 Å². The highest BCUT2D eigenvalue weighted by molar-refractivity contribution is 5.73. The molecule has 5 nitrogen and oxygen atoms in total. The lowest BCUT2D eigenvalue weighted by Gasteiger charge is -2.17. The molecule has 3 aromatic rings. The number of carbonyl (C=O) groups is 1. The van der Waals surface area contributed by atoms with Gasteiger partial charge in [-0.3, -0.25) is 0 Å². The molecular weight excluding hydrogens is 319 g/mol. The SMILES string of the molecule is CN(Cc1cnn(-c2ccccc2)c1)C(=O)NCc1ccccc1F. The largest absolute Gasteiger partial charge is 0.334 e. The summed E-state index contributed by atoms with van der Waals surface area (Å²) in [5.41, 5.74) is 2.33. The van der Waals surface area contributed by atoms with Gasteiger partial charge in [0.2, 0.25) is 0 Å². The molecule has 1 aromatic heterocycles. The van der Waals surface area contributed by atoms with Crippen LogP contribution in [0, 0.1) is 5.82 Å². The van der Waals surface area contributed by atoms with Crippen molar-refractivity contribution in [3.8, 4) is 5.69 Å². The van der Waals surface area contributed by atoms with E-state index in [1.165, 1.54) is 11.0 Å². The van der Waals surface area contributed by atoms with Crippen LogP contribution < -0.4 is 5.32 Å². The Bertz CT molecular complexity index is 847. The fraction of sp³-hybridized carbons (Fsp3) is 0.158. The van der Waals surface area contributed by atoms with Gasteiger partial charge in [-0.15, -0.1) is 0 Å². The molecule has 0 unspecified atom stereocenters. The summed E-state index contributed by atoms with van der Waals surface area (Å²) in [4.78, 5) is 13.7. The number of benzene rings is 2. The lowest BCUT2D eigenvalue weighted by atomic mass is 10.2. The van der Waals surface area contributed by atoms with Gasteiger partial charge in [0.05, 0.1) is 18.4 Å². The molecule has 0 aliphatic rings. The van der Waals surface area contributed by atoms with Gasteiger partial charge >= 0.3 is 6.03 Å². The Kier molecular flexibility index (Phi) is 5.09. The summed E-state index contributed by atoms with van der Waals surface area (Å²) in [6, 6.07) is 15.9. The average Bonchev–Trinajstić information content (AvgIpc) is 3.10. The van der Waals surface area contributed by atoms with E-state index in [1.807, 2.05) is 36.5 Å². The second-order valence-electron chi connectivity index (χ2n) is 5.73. The first-order valence-corrected chi connectivity index (χ1v) is 7.95. The first kappa shape index (κ1) is 16.7. The second kappa shape index (κ2) is 7.61. The predicted octanol–water partition coefficient (Wildman–Crippen LogP) is 3.35. The van der Waals surface area contributed by atoms with E-state index in [1.54, 1.807) is 36.1 Å². The number of carbonyl (C=O) groups excluding carboxylic acids is 1. The third-order valence-corrected chi connectivity index (χ3v) is 3.81. The molecule has 0 atom stereocenters. The Hall–Kier alpha value is -3.15. The number of hydrogen-bond acceptors (Lipinski definition) is 2. The van der Waals surface area contributed by atoms with Gasteiger partial charge < -0.3 is 10.2 Å². The van der Waals surface area contributed by atoms with Crippen molar-refractivity contribution < 1.29 is 9.18 Å². The summed E-state index contributed by atoms with van der Waals surface area (Å²) in [5.74, 6) is -0.324. The fourth-order valence-corrected chi connectivity index (χ4v) is 2.46. The number of rotatable bonds is 5. The Morgan fingerprint density at radius 3 is 2.64 bits per heavy atom. The maximum absolute atomic E-state index is 13.6.